The molecule has 0 atom stereocenters. The molecule has 0 unspecified atom stereocenters. The summed E-state index contributed by atoms with van der Waals surface area (Å²) in [6.07, 6.45) is 1.98. The van der Waals surface area contributed by atoms with E-state index < -0.39 is 8.32 Å². The largest absolute Gasteiger partial charge is 0.403 e. The number of imide groups is 1. The van der Waals surface area contributed by atoms with Gasteiger partial charge >= 0.3 is 0 Å². The second kappa shape index (κ2) is 11.7. The van der Waals surface area contributed by atoms with E-state index in [1.54, 1.807) is 24.3 Å². The third-order valence-corrected chi connectivity index (χ3v) is 13.5. The van der Waals surface area contributed by atoms with Crippen LogP contribution in [0.1, 0.15) is 70.7 Å². The molecular weight excluding hydrogens is 534 g/mol. The molecule has 0 radical (unpaired) electrons. The van der Waals surface area contributed by atoms with Gasteiger partial charge in [-0.3, -0.25) is 14.5 Å². The normalized spacial score (nSPS) is 14.0. The quantitative estimate of drug-likeness (QED) is 0.167. The second-order valence-corrected chi connectivity index (χ2v) is 16.4. The van der Waals surface area contributed by atoms with Crippen molar-refractivity contribution in [1.82, 2.24) is 4.90 Å². The highest BCUT2D eigenvalue weighted by atomic mass is 28.4. The first-order valence-corrected chi connectivity index (χ1v) is 16.4. The van der Waals surface area contributed by atoms with E-state index in [0.29, 0.717) is 17.7 Å². The first-order valence-electron chi connectivity index (χ1n) is 14.5. The Kier molecular flexibility index (Phi) is 8.18. The van der Waals surface area contributed by atoms with Crippen LogP contribution in [0.5, 0.6) is 0 Å². The van der Waals surface area contributed by atoms with Gasteiger partial charge < -0.3 is 4.43 Å². The predicted molar refractivity (Wildman–Crippen MR) is 174 cm³/mol. The van der Waals surface area contributed by atoms with Crippen molar-refractivity contribution >= 4 is 36.1 Å². The Balaban J connectivity index is 1.47. The van der Waals surface area contributed by atoms with Crippen LogP contribution in [0.2, 0.25) is 5.04 Å². The number of carbonyl (C=O) groups excluding carboxylic acids is 2. The van der Waals surface area contributed by atoms with Crippen molar-refractivity contribution in [2.45, 2.75) is 53.2 Å². The van der Waals surface area contributed by atoms with Crippen LogP contribution in [0.25, 0.3) is 5.57 Å². The molecule has 5 heteroatoms. The molecular formula is C37H39NO3Si. The molecule has 0 N–H and O–H groups in total. The van der Waals surface area contributed by atoms with Crippen molar-refractivity contribution in [1.29, 1.82) is 0 Å². The molecule has 5 rings (SSSR count). The van der Waals surface area contributed by atoms with E-state index in [1.807, 2.05) is 13.0 Å². The summed E-state index contributed by atoms with van der Waals surface area (Å²) < 4.78 is 7.28. The van der Waals surface area contributed by atoms with Gasteiger partial charge in [0, 0.05) is 6.54 Å². The van der Waals surface area contributed by atoms with Gasteiger partial charge in [-0.05, 0) is 76.1 Å². The summed E-state index contributed by atoms with van der Waals surface area (Å²) in [4.78, 5) is 27.1. The van der Waals surface area contributed by atoms with E-state index in [-0.39, 0.29) is 23.4 Å². The van der Waals surface area contributed by atoms with E-state index in [0.717, 1.165) is 16.7 Å². The van der Waals surface area contributed by atoms with Gasteiger partial charge in [0.15, 0.2) is 0 Å². The second-order valence-electron chi connectivity index (χ2n) is 12.1. The Morgan fingerprint density at radius 1 is 0.762 bits per heavy atom. The molecule has 0 aliphatic carbocycles. The van der Waals surface area contributed by atoms with E-state index in [9.17, 15) is 9.59 Å². The average molecular weight is 574 g/mol. The summed E-state index contributed by atoms with van der Waals surface area (Å²) in [5.74, 6) is -0.473. The van der Waals surface area contributed by atoms with Gasteiger partial charge in [-0.25, -0.2) is 0 Å². The SMILES string of the molecule is C/C(=C\CN1C(=O)c2ccccc2C1=O)c1ccc(C)c(CO[Si](c2ccccc2)(c2ccccc2)C(C)(C)C)c1C. The first-order chi connectivity index (χ1) is 20.1. The Morgan fingerprint density at radius 3 is 1.76 bits per heavy atom. The average Bonchev–Trinajstić information content (AvgIpc) is 3.22. The highest BCUT2D eigenvalue weighted by Crippen LogP contribution is 2.38. The molecule has 0 saturated carbocycles. The van der Waals surface area contributed by atoms with Crippen LogP contribution in [-0.4, -0.2) is 31.6 Å². The fraction of sp³-hybridized carbons (Fsp3) is 0.243. The summed E-state index contributed by atoms with van der Waals surface area (Å²) in [6.45, 7) is 13.9. The summed E-state index contributed by atoms with van der Waals surface area (Å²) in [7, 11) is -2.70. The van der Waals surface area contributed by atoms with Crippen LogP contribution in [0.3, 0.4) is 0 Å². The van der Waals surface area contributed by atoms with E-state index >= 15 is 0 Å². The Hall–Kier alpha value is -4.06. The minimum atomic E-state index is -2.70. The van der Waals surface area contributed by atoms with Gasteiger partial charge in [-0.1, -0.05) is 112 Å². The summed E-state index contributed by atoms with van der Waals surface area (Å²) in [6, 6.07) is 32.7. The number of carbonyl (C=O) groups is 2. The molecule has 0 saturated heterocycles. The molecule has 0 bridgehead atoms. The topological polar surface area (TPSA) is 46.6 Å². The molecule has 0 spiro atoms. The number of nitrogens with zero attached hydrogens (tertiary/aromatic N) is 1. The van der Waals surface area contributed by atoms with Crippen LogP contribution in [0, 0.1) is 13.8 Å². The van der Waals surface area contributed by atoms with E-state index in [2.05, 4.69) is 107 Å². The summed E-state index contributed by atoms with van der Waals surface area (Å²) in [5.41, 5.74) is 6.58. The van der Waals surface area contributed by atoms with Crippen LogP contribution in [-0.2, 0) is 11.0 Å². The van der Waals surface area contributed by atoms with Crippen LogP contribution >= 0.6 is 0 Å². The van der Waals surface area contributed by atoms with E-state index in [4.69, 9.17) is 4.43 Å². The van der Waals surface area contributed by atoms with Gasteiger partial charge in [0.1, 0.15) is 0 Å². The zero-order chi connectivity index (χ0) is 30.1. The number of benzene rings is 4. The number of hydrogen-bond donors (Lipinski definition) is 0. The molecule has 42 heavy (non-hydrogen) atoms. The van der Waals surface area contributed by atoms with Crippen molar-refractivity contribution in [3.8, 4) is 0 Å². The lowest BCUT2D eigenvalue weighted by atomic mass is 9.94. The van der Waals surface area contributed by atoms with Crippen LogP contribution in [0.15, 0.2) is 103 Å². The van der Waals surface area contributed by atoms with Gasteiger partial charge in [0.05, 0.1) is 17.7 Å². The lowest BCUT2D eigenvalue weighted by Crippen LogP contribution is -2.66. The molecule has 0 fully saturated rings. The number of rotatable bonds is 8. The van der Waals surface area contributed by atoms with Crippen molar-refractivity contribution in [3.05, 3.63) is 137 Å². The van der Waals surface area contributed by atoms with Gasteiger partial charge in [-0.2, -0.15) is 0 Å². The minimum absolute atomic E-state index is 0.114. The smallest absolute Gasteiger partial charge is 0.261 e. The van der Waals surface area contributed by atoms with Gasteiger partial charge in [0.25, 0.3) is 20.1 Å². The number of amides is 2. The highest BCUT2D eigenvalue weighted by molar-refractivity contribution is 6.99. The van der Waals surface area contributed by atoms with Crippen molar-refractivity contribution in [3.63, 3.8) is 0 Å². The molecule has 0 aromatic heterocycles. The van der Waals surface area contributed by atoms with Crippen molar-refractivity contribution in [2.75, 3.05) is 6.54 Å². The van der Waals surface area contributed by atoms with Crippen LogP contribution < -0.4 is 10.4 Å². The Labute approximate surface area is 250 Å². The lowest BCUT2D eigenvalue weighted by molar-refractivity contribution is 0.0672. The van der Waals surface area contributed by atoms with E-state index in [1.165, 1.54) is 26.4 Å². The third-order valence-electron chi connectivity index (χ3n) is 8.57. The maximum atomic E-state index is 12.9. The molecule has 4 aromatic carbocycles. The maximum Gasteiger partial charge on any atom is 0.261 e. The Bertz CT molecular complexity index is 1580. The lowest BCUT2D eigenvalue weighted by Gasteiger charge is -2.43. The molecule has 1 aliphatic heterocycles. The van der Waals surface area contributed by atoms with Crippen molar-refractivity contribution < 1.29 is 14.0 Å². The van der Waals surface area contributed by atoms with Crippen LogP contribution in [0.4, 0.5) is 0 Å². The summed E-state index contributed by atoms with van der Waals surface area (Å²) >= 11 is 0. The number of aryl methyl sites for hydroxylation is 1. The zero-order valence-electron chi connectivity index (χ0n) is 25.4. The molecule has 214 valence electrons. The molecule has 2 amide bonds. The fourth-order valence-corrected chi connectivity index (χ4v) is 10.7. The molecule has 4 aromatic rings. The molecule has 1 aliphatic rings. The summed E-state index contributed by atoms with van der Waals surface area (Å²) in [5, 5.41) is 2.40. The number of fused-ring (bicyclic) bond motifs is 1. The first kappa shape index (κ1) is 29.4. The highest BCUT2D eigenvalue weighted by Gasteiger charge is 2.50. The van der Waals surface area contributed by atoms with Gasteiger partial charge in [0.2, 0.25) is 0 Å². The number of hydrogen-bond acceptors (Lipinski definition) is 3. The maximum absolute atomic E-state index is 12.9. The Morgan fingerprint density at radius 2 is 1.26 bits per heavy atom. The minimum Gasteiger partial charge on any atom is -0.403 e. The molecule has 1 heterocycles. The molecule has 4 nitrogen and oxygen atoms in total. The number of allylic oxidation sites excluding steroid dienone is 1. The van der Waals surface area contributed by atoms with Gasteiger partial charge in [-0.15, -0.1) is 0 Å². The fourth-order valence-electron chi connectivity index (χ4n) is 6.23. The standard InChI is InChI=1S/C37H39NO3Si/c1-26-21-22-31(27(2)23-24-38-35(39)32-19-13-14-20-33(32)36(38)40)28(3)34(26)25-41-42(37(4,5)6,29-15-9-7-10-16-29)30-17-11-8-12-18-30/h7-23H,24-25H2,1-6H3/b27-23+. The monoisotopic (exact) mass is 573 g/mol. The third kappa shape index (κ3) is 5.19. The predicted octanol–water partition coefficient (Wildman–Crippen LogP) is 7.08. The van der Waals surface area contributed by atoms with Crippen molar-refractivity contribution in [2.24, 2.45) is 0 Å². The zero-order valence-corrected chi connectivity index (χ0v) is 26.4.